The van der Waals surface area contributed by atoms with Crippen LogP contribution in [0.1, 0.15) is 46.7 Å². The minimum absolute atomic E-state index is 0.149. The molecule has 25 heavy (non-hydrogen) atoms. The van der Waals surface area contributed by atoms with Gasteiger partial charge >= 0.3 is 5.97 Å². The summed E-state index contributed by atoms with van der Waals surface area (Å²) in [4.78, 5) is 18.0. The van der Waals surface area contributed by atoms with Crippen LogP contribution in [-0.4, -0.2) is 34.0 Å². The highest BCUT2D eigenvalue weighted by Crippen LogP contribution is 2.34. The van der Waals surface area contributed by atoms with E-state index < -0.39 is 5.97 Å². The number of hydrogen-bond acceptors (Lipinski definition) is 3. The van der Waals surface area contributed by atoms with Crippen molar-refractivity contribution in [2.24, 2.45) is 5.92 Å². The third-order valence-electron chi connectivity index (χ3n) is 5.16. The number of rotatable bonds is 4. The molecule has 2 heterocycles. The van der Waals surface area contributed by atoms with Crippen molar-refractivity contribution in [3.8, 4) is 0 Å². The maximum atomic E-state index is 11.3. The molecule has 3 rings (SSSR count). The maximum Gasteiger partial charge on any atom is 0.306 e. The number of aryl methyl sites for hydroxylation is 3. The van der Waals surface area contributed by atoms with Crippen molar-refractivity contribution in [2.45, 2.75) is 39.7 Å². The van der Waals surface area contributed by atoms with E-state index in [9.17, 15) is 9.90 Å². The van der Waals surface area contributed by atoms with Gasteiger partial charge in [0.15, 0.2) is 0 Å². The Hall–Kier alpha value is -2.20. The van der Waals surface area contributed by atoms with E-state index in [4.69, 9.17) is 0 Å². The van der Waals surface area contributed by atoms with E-state index in [0.717, 1.165) is 13.1 Å². The summed E-state index contributed by atoms with van der Waals surface area (Å²) >= 11 is 0. The van der Waals surface area contributed by atoms with Gasteiger partial charge in [0.1, 0.15) is 0 Å². The molecule has 0 saturated carbocycles. The molecule has 1 aromatic heterocycles. The molecule has 0 bridgehead atoms. The topological polar surface area (TPSA) is 53.4 Å². The third-order valence-corrected chi connectivity index (χ3v) is 5.16. The van der Waals surface area contributed by atoms with Crippen molar-refractivity contribution in [3.05, 3.63) is 64.5 Å². The Bertz CT molecular complexity index is 744. The second kappa shape index (κ2) is 7.36. The van der Waals surface area contributed by atoms with Gasteiger partial charge in [0.05, 0.1) is 12.0 Å². The van der Waals surface area contributed by atoms with Crippen LogP contribution in [-0.2, 0) is 4.79 Å². The summed E-state index contributed by atoms with van der Waals surface area (Å²) in [6.07, 6.45) is 5.18. The Labute approximate surface area is 149 Å². The molecule has 1 unspecified atom stereocenters. The zero-order chi connectivity index (χ0) is 18.0. The number of nitrogens with zero attached hydrogens (tertiary/aromatic N) is 2. The fraction of sp³-hybridized carbons (Fsp3) is 0.429. The Morgan fingerprint density at radius 2 is 1.80 bits per heavy atom. The number of carbonyl (C=O) groups is 1. The molecule has 0 aliphatic carbocycles. The number of piperidine rings is 1. The van der Waals surface area contributed by atoms with E-state index in [-0.39, 0.29) is 12.0 Å². The van der Waals surface area contributed by atoms with Gasteiger partial charge in [-0.25, -0.2) is 0 Å². The average molecular weight is 338 g/mol. The molecule has 0 spiro atoms. The Morgan fingerprint density at radius 1 is 1.16 bits per heavy atom. The zero-order valence-corrected chi connectivity index (χ0v) is 15.2. The summed E-state index contributed by atoms with van der Waals surface area (Å²) in [6.45, 7) is 7.96. The molecule has 2 aromatic rings. The molecule has 0 radical (unpaired) electrons. The lowest BCUT2D eigenvalue weighted by molar-refractivity contribution is -0.143. The van der Waals surface area contributed by atoms with Gasteiger partial charge in [-0.3, -0.25) is 14.7 Å². The van der Waals surface area contributed by atoms with Crippen molar-refractivity contribution in [3.63, 3.8) is 0 Å². The summed E-state index contributed by atoms with van der Waals surface area (Å²) in [5.74, 6) is -0.877. The molecule has 1 N–H and O–H groups in total. The first-order valence-electron chi connectivity index (χ1n) is 8.91. The smallest absolute Gasteiger partial charge is 0.306 e. The molecule has 4 heteroatoms. The highest BCUT2D eigenvalue weighted by molar-refractivity contribution is 5.70. The molecule has 1 fully saturated rings. The summed E-state index contributed by atoms with van der Waals surface area (Å²) in [5.41, 5.74) is 6.22. The van der Waals surface area contributed by atoms with Gasteiger partial charge in [-0.15, -0.1) is 0 Å². The second-order valence-corrected chi connectivity index (χ2v) is 7.20. The minimum atomic E-state index is -0.664. The van der Waals surface area contributed by atoms with Crippen molar-refractivity contribution in [2.75, 3.05) is 13.1 Å². The van der Waals surface area contributed by atoms with Crippen LogP contribution in [0.4, 0.5) is 0 Å². The minimum Gasteiger partial charge on any atom is -0.481 e. The van der Waals surface area contributed by atoms with Crippen LogP contribution in [0.5, 0.6) is 0 Å². The van der Waals surface area contributed by atoms with Gasteiger partial charge in [0.2, 0.25) is 0 Å². The fourth-order valence-corrected chi connectivity index (χ4v) is 3.95. The fourth-order valence-electron chi connectivity index (χ4n) is 3.95. The Balaban J connectivity index is 1.98. The number of pyridine rings is 1. The SMILES string of the molecule is Cc1cc(C)cc(C(c2ccncc2C)N2CCC(C(=O)O)CC2)c1. The van der Waals surface area contributed by atoms with Crippen molar-refractivity contribution in [1.29, 1.82) is 0 Å². The van der Waals surface area contributed by atoms with Crippen molar-refractivity contribution < 1.29 is 9.90 Å². The number of likely N-dealkylation sites (tertiary alicyclic amines) is 1. The first-order valence-corrected chi connectivity index (χ1v) is 8.91. The lowest BCUT2D eigenvalue weighted by Gasteiger charge is -2.38. The lowest BCUT2D eigenvalue weighted by atomic mass is 9.89. The zero-order valence-electron chi connectivity index (χ0n) is 15.2. The average Bonchev–Trinajstić information content (AvgIpc) is 2.56. The molecule has 0 amide bonds. The van der Waals surface area contributed by atoms with Gasteiger partial charge < -0.3 is 5.11 Å². The summed E-state index contributed by atoms with van der Waals surface area (Å²) in [6, 6.07) is 8.94. The van der Waals surface area contributed by atoms with Crippen LogP contribution in [0.15, 0.2) is 36.7 Å². The van der Waals surface area contributed by atoms with Crippen LogP contribution >= 0.6 is 0 Å². The molecule has 132 valence electrons. The molecule has 1 aliphatic rings. The molecular formula is C21H26N2O2. The van der Waals surface area contributed by atoms with E-state index in [1.54, 1.807) is 0 Å². The van der Waals surface area contributed by atoms with E-state index in [1.807, 2.05) is 12.4 Å². The Morgan fingerprint density at radius 3 is 2.36 bits per heavy atom. The maximum absolute atomic E-state index is 11.3. The van der Waals surface area contributed by atoms with Gasteiger partial charge in [-0.05, 0) is 69.5 Å². The van der Waals surface area contributed by atoms with E-state index in [1.165, 1.54) is 27.8 Å². The highest BCUT2D eigenvalue weighted by Gasteiger charge is 2.30. The van der Waals surface area contributed by atoms with Gasteiger partial charge in [0.25, 0.3) is 0 Å². The number of aliphatic carboxylic acids is 1. The van der Waals surface area contributed by atoms with Crippen LogP contribution in [0.2, 0.25) is 0 Å². The van der Waals surface area contributed by atoms with Crippen LogP contribution in [0.25, 0.3) is 0 Å². The van der Waals surface area contributed by atoms with Gasteiger partial charge in [-0.2, -0.15) is 0 Å². The molecule has 1 aliphatic heterocycles. The normalized spacial score (nSPS) is 17.4. The Kier molecular flexibility index (Phi) is 5.19. The van der Waals surface area contributed by atoms with Crippen molar-refractivity contribution in [1.82, 2.24) is 9.88 Å². The summed E-state index contributed by atoms with van der Waals surface area (Å²) < 4.78 is 0. The first-order chi connectivity index (χ1) is 12.0. The van der Waals surface area contributed by atoms with Crippen LogP contribution < -0.4 is 0 Å². The monoisotopic (exact) mass is 338 g/mol. The lowest BCUT2D eigenvalue weighted by Crippen LogP contribution is -2.39. The van der Waals surface area contributed by atoms with Gasteiger partial charge in [0, 0.05) is 12.4 Å². The van der Waals surface area contributed by atoms with Gasteiger partial charge in [-0.1, -0.05) is 29.3 Å². The molecular weight excluding hydrogens is 312 g/mol. The quantitative estimate of drug-likeness (QED) is 0.919. The number of aromatic nitrogens is 1. The third kappa shape index (κ3) is 3.90. The number of benzene rings is 1. The molecule has 4 nitrogen and oxygen atoms in total. The molecule has 1 atom stereocenters. The number of hydrogen-bond donors (Lipinski definition) is 1. The number of carboxylic acid groups (broad SMARTS) is 1. The molecule has 1 aromatic carbocycles. The predicted octanol–water partition coefficient (Wildman–Crippen LogP) is 3.89. The predicted molar refractivity (Wildman–Crippen MR) is 98.7 cm³/mol. The van der Waals surface area contributed by atoms with E-state index in [2.05, 4.69) is 54.9 Å². The van der Waals surface area contributed by atoms with Crippen LogP contribution in [0, 0.1) is 26.7 Å². The summed E-state index contributed by atoms with van der Waals surface area (Å²) in [5, 5.41) is 9.29. The van der Waals surface area contributed by atoms with E-state index in [0.29, 0.717) is 12.8 Å². The standard InChI is InChI=1S/C21H26N2O2/c1-14-10-15(2)12-18(11-14)20(19-4-7-22-13-16(19)3)23-8-5-17(6-9-23)21(24)25/h4,7,10-13,17,20H,5-6,8-9H2,1-3H3,(H,24,25). The first kappa shape index (κ1) is 17.6. The summed E-state index contributed by atoms with van der Waals surface area (Å²) in [7, 11) is 0. The second-order valence-electron chi connectivity index (χ2n) is 7.20. The van der Waals surface area contributed by atoms with Crippen LogP contribution in [0.3, 0.4) is 0 Å². The van der Waals surface area contributed by atoms with E-state index >= 15 is 0 Å². The van der Waals surface area contributed by atoms with Crippen molar-refractivity contribution >= 4 is 5.97 Å². The highest BCUT2D eigenvalue weighted by atomic mass is 16.4. The number of carboxylic acids is 1. The molecule has 1 saturated heterocycles. The largest absolute Gasteiger partial charge is 0.481 e.